The number of ether oxygens (including phenoxy) is 1. The van der Waals surface area contributed by atoms with Gasteiger partial charge in [-0.05, 0) is 61.1 Å². The highest BCUT2D eigenvalue weighted by Gasteiger charge is 2.33. The molecule has 0 atom stereocenters. The zero-order valence-electron chi connectivity index (χ0n) is 15.1. The lowest BCUT2D eigenvalue weighted by molar-refractivity contribution is 0.0100. The maximum Gasteiger partial charge on any atom is 0.0594 e. The number of rotatable bonds is 4. The fourth-order valence-electron chi connectivity index (χ4n) is 3.70. The number of fused-ring (bicyclic) bond motifs is 1. The Bertz CT molecular complexity index is 759. The third-order valence-electron chi connectivity index (χ3n) is 5.31. The summed E-state index contributed by atoms with van der Waals surface area (Å²) in [6, 6.07) is 6.45. The summed E-state index contributed by atoms with van der Waals surface area (Å²) in [6.45, 7) is 7.55. The Balaban J connectivity index is 1.83. The number of morpholine rings is 1. The van der Waals surface area contributed by atoms with Gasteiger partial charge in [0, 0.05) is 13.1 Å². The number of hydrogen-bond donors (Lipinski definition) is 1. The van der Waals surface area contributed by atoms with E-state index in [0.29, 0.717) is 5.71 Å². The smallest absolute Gasteiger partial charge is 0.0594 e. The summed E-state index contributed by atoms with van der Waals surface area (Å²) < 4.78 is 5.46. The van der Waals surface area contributed by atoms with Crippen molar-refractivity contribution in [1.82, 2.24) is 4.90 Å². The van der Waals surface area contributed by atoms with Crippen LogP contribution in [0.1, 0.15) is 37.0 Å². The molecule has 0 saturated carbocycles. The average molecular weight is 334 g/mol. The first-order valence-electron chi connectivity index (χ1n) is 8.91. The van der Waals surface area contributed by atoms with Crippen LogP contribution in [0, 0.1) is 17.8 Å². The van der Waals surface area contributed by atoms with Crippen molar-refractivity contribution in [3.63, 3.8) is 0 Å². The van der Waals surface area contributed by atoms with Crippen molar-refractivity contribution in [2.45, 2.75) is 32.2 Å². The van der Waals surface area contributed by atoms with E-state index in [4.69, 9.17) is 16.6 Å². The van der Waals surface area contributed by atoms with Gasteiger partial charge in [0.05, 0.1) is 24.5 Å². The number of aryl methyl sites for hydroxylation is 1. The van der Waals surface area contributed by atoms with Crippen LogP contribution in [-0.4, -0.2) is 42.5 Å². The van der Waals surface area contributed by atoms with Gasteiger partial charge >= 0.3 is 0 Å². The van der Waals surface area contributed by atoms with Crippen molar-refractivity contribution < 1.29 is 4.74 Å². The Kier molecular flexibility index (Phi) is 5.22. The lowest BCUT2D eigenvalue weighted by Gasteiger charge is -2.41. The Morgan fingerprint density at radius 3 is 2.76 bits per heavy atom. The molecule has 0 aromatic heterocycles. The van der Waals surface area contributed by atoms with Crippen LogP contribution in [-0.2, 0) is 11.2 Å². The first-order chi connectivity index (χ1) is 12.0. The van der Waals surface area contributed by atoms with Gasteiger partial charge in [-0.3, -0.25) is 4.90 Å². The van der Waals surface area contributed by atoms with Gasteiger partial charge < -0.3 is 10.1 Å². The standard InChI is InChI=1S/C22H26N2O/c1-4-5-6-7-17-8-9-18-16-19(10-11-20(17)18)21(23)22(2,3)24-12-14-25-15-13-24/h1,5-7,10-11,16,23H,8-9,12-15H2,2-3H3/b6-5-,17-7+,23-21?. The molecule has 3 heteroatoms. The Labute approximate surface area is 150 Å². The number of nitrogens with zero attached hydrogens (tertiary/aromatic N) is 1. The summed E-state index contributed by atoms with van der Waals surface area (Å²) in [6.07, 6.45) is 13.1. The van der Waals surface area contributed by atoms with E-state index in [9.17, 15) is 0 Å². The molecule has 0 spiro atoms. The predicted molar refractivity (Wildman–Crippen MR) is 104 cm³/mol. The second kappa shape index (κ2) is 7.39. The fourth-order valence-corrected chi connectivity index (χ4v) is 3.70. The van der Waals surface area contributed by atoms with Crippen molar-refractivity contribution in [2.75, 3.05) is 26.3 Å². The number of nitrogens with one attached hydrogen (secondary N) is 1. The molecule has 2 aliphatic rings. The molecule has 1 fully saturated rings. The minimum absolute atomic E-state index is 0.287. The zero-order chi connectivity index (χ0) is 17.9. The first kappa shape index (κ1) is 17.7. The van der Waals surface area contributed by atoms with E-state index in [0.717, 1.165) is 44.7 Å². The zero-order valence-corrected chi connectivity index (χ0v) is 15.1. The van der Waals surface area contributed by atoms with Crippen molar-refractivity contribution >= 4 is 11.3 Å². The van der Waals surface area contributed by atoms with Crippen molar-refractivity contribution in [2.24, 2.45) is 0 Å². The van der Waals surface area contributed by atoms with Crippen LogP contribution in [0.4, 0.5) is 0 Å². The molecule has 0 radical (unpaired) electrons. The van der Waals surface area contributed by atoms with Crippen LogP contribution >= 0.6 is 0 Å². The van der Waals surface area contributed by atoms with Crippen LogP contribution in [0.3, 0.4) is 0 Å². The molecule has 1 saturated heterocycles. The summed E-state index contributed by atoms with van der Waals surface area (Å²) in [4.78, 5) is 2.35. The minimum atomic E-state index is -0.287. The SMILES string of the molecule is C#C/C=C\C=C1/CCc2cc(C(=N)C(C)(C)N3CCOCC3)ccc21. The lowest BCUT2D eigenvalue weighted by Crippen LogP contribution is -2.54. The monoisotopic (exact) mass is 334 g/mol. The molecular formula is C22H26N2O. The first-order valence-corrected chi connectivity index (χ1v) is 8.91. The molecule has 0 unspecified atom stereocenters. The Hall–Kier alpha value is -2.15. The van der Waals surface area contributed by atoms with Crippen molar-refractivity contribution in [1.29, 1.82) is 5.41 Å². The van der Waals surface area contributed by atoms with Crippen LogP contribution in [0.15, 0.2) is 36.4 Å². The molecule has 130 valence electrons. The van der Waals surface area contributed by atoms with Gasteiger partial charge in [-0.1, -0.05) is 30.2 Å². The fraction of sp³-hybridized carbons (Fsp3) is 0.409. The second-order valence-electron chi connectivity index (χ2n) is 7.12. The topological polar surface area (TPSA) is 36.3 Å². The van der Waals surface area contributed by atoms with E-state index in [1.165, 1.54) is 16.7 Å². The molecular weight excluding hydrogens is 308 g/mol. The van der Waals surface area contributed by atoms with Gasteiger partial charge in [-0.2, -0.15) is 0 Å². The molecule has 0 amide bonds. The molecule has 25 heavy (non-hydrogen) atoms. The van der Waals surface area contributed by atoms with Crippen LogP contribution in [0.25, 0.3) is 5.57 Å². The van der Waals surface area contributed by atoms with E-state index < -0.39 is 0 Å². The molecule has 0 bridgehead atoms. The van der Waals surface area contributed by atoms with E-state index in [1.807, 2.05) is 6.08 Å². The third-order valence-corrected chi connectivity index (χ3v) is 5.31. The van der Waals surface area contributed by atoms with E-state index in [1.54, 1.807) is 6.08 Å². The van der Waals surface area contributed by atoms with Gasteiger partial charge in [0.25, 0.3) is 0 Å². The largest absolute Gasteiger partial charge is 0.379 e. The van der Waals surface area contributed by atoms with E-state index >= 15 is 0 Å². The van der Waals surface area contributed by atoms with E-state index in [-0.39, 0.29) is 5.54 Å². The van der Waals surface area contributed by atoms with Crippen molar-refractivity contribution in [3.05, 3.63) is 53.1 Å². The molecule has 1 aliphatic carbocycles. The predicted octanol–water partition coefficient (Wildman–Crippen LogP) is 3.68. The molecule has 3 nitrogen and oxygen atoms in total. The highest BCUT2D eigenvalue weighted by atomic mass is 16.5. The van der Waals surface area contributed by atoms with Crippen LogP contribution in [0.5, 0.6) is 0 Å². The number of hydrogen-bond acceptors (Lipinski definition) is 3. The summed E-state index contributed by atoms with van der Waals surface area (Å²) in [5.41, 5.74) is 5.37. The van der Waals surface area contributed by atoms with Gasteiger partial charge in [0.1, 0.15) is 0 Å². The summed E-state index contributed by atoms with van der Waals surface area (Å²) in [5.74, 6) is 2.52. The Morgan fingerprint density at radius 2 is 2.04 bits per heavy atom. The summed E-state index contributed by atoms with van der Waals surface area (Å²) in [5, 5.41) is 8.79. The highest BCUT2D eigenvalue weighted by molar-refractivity contribution is 6.05. The van der Waals surface area contributed by atoms with E-state index in [2.05, 4.69) is 48.9 Å². The summed E-state index contributed by atoms with van der Waals surface area (Å²) in [7, 11) is 0. The van der Waals surface area contributed by atoms with Crippen molar-refractivity contribution in [3.8, 4) is 12.3 Å². The summed E-state index contributed by atoms with van der Waals surface area (Å²) >= 11 is 0. The molecule has 1 N–H and O–H groups in total. The third kappa shape index (κ3) is 3.61. The normalized spacial score (nSPS) is 20.0. The maximum absolute atomic E-state index is 8.79. The molecule has 3 rings (SSSR count). The molecule has 1 heterocycles. The van der Waals surface area contributed by atoms with Crippen LogP contribution < -0.4 is 0 Å². The molecule has 1 aromatic rings. The maximum atomic E-state index is 8.79. The number of terminal acetylenes is 1. The Morgan fingerprint density at radius 1 is 1.28 bits per heavy atom. The minimum Gasteiger partial charge on any atom is -0.379 e. The number of benzene rings is 1. The molecule has 1 aliphatic heterocycles. The second-order valence-corrected chi connectivity index (χ2v) is 7.12. The van der Waals surface area contributed by atoms with Crippen LogP contribution in [0.2, 0.25) is 0 Å². The number of allylic oxidation sites excluding steroid dienone is 4. The van der Waals surface area contributed by atoms with Gasteiger partial charge in [-0.25, -0.2) is 0 Å². The van der Waals surface area contributed by atoms with Gasteiger partial charge in [0.2, 0.25) is 0 Å². The quantitative estimate of drug-likeness (QED) is 0.673. The lowest BCUT2D eigenvalue weighted by atomic mass is 9.88. The van der Waals surface area contributed by atoms with Gasteiger partial charge in [0.15, 0.2) is 0 Å². The van der Waals surface area contributed by atoms with Gasteiger partial charge in [-0.15, -0.1) is 6.42 Å². The highest BCUT2D eigenvalue weighted by Crippen LogP contribution is 2.34. The average Bonchev–Trinajstić information content (AvgIpc) is 3.04. The molecule has 1 aromatic carbocycles.